The Morgan fingerprint density at radius 2 is 2.15 bits per heavy atom. The Balaban J connectivity index is 2.64. The third kappa shape index (κ3) is 3.06. The van der Waals surface area contributed by atoms with E-state index >= 15 is 0 Å². The van der Waals surface area contributed by atoms with Crippen LogP contribution in [0.4, 0.5) is 0 Å². The predicted molar refractivity (Wildman–Crippen MR) is 59.7 cm³/mol. The maximum absolute atomic E-state index is 4.24. The fourth-order valence-electron chi connectivity index (χ4n) is 1.18. The summed E-state index contributed by atoms with van der Waals surface area (Å²) in [7, 11) is 0. The van der Waals surface area contributed by atoms with Gasteiger partial charge in [-0.1, -0.05) is 19.8 Å². The van der Waals surface area contributed by atoms with Gasteiger partial charge in [-0.25, -0.2) is 4.68 Å². The molecule has 1 heterocycles. The van der Waals surface area contributed by atoms with E-state index in [1.54, 1.807) is 0 Å². The van der Waals surface area contributed by atoms with Crippen LogP contribution in [0.1, 0.15) is 39.2 Å². The van der Waals surface area contributed by atoms with Crippen molar-refractivity contribution in [3.63, 3.8) is 0 Å². The van der Waals surface area contributed by atoms with Gasteiger partial charge in [0.2, 0.25) is 4.73 Å². The van der Waals surface area contributed by atoms with Gasteiger partial charge in [-0.2, -0.15) is 4.98 Å². The Labute approximate surface area is 95.2 Å². The van der Waals surface area contributed by atoms with Crippen LogP contribution in [0.25, 0.3) is 0 Å². The number of hydrogen-bond acceptors (Lipinski definition) is 2. The second-order valence-corrected chi connectivity index (χ2v) is 4.50. The van der Waals surface area contributed by atoms with Gasteiger partial charge in [0.25, 0.3) is 0 Å². The van der Waals surface area contributed by atoms with Crippen LogP contribution in [0.15, 0.2) is 9.47 Å². The summed E-state index contributed by atoms with van der Waals surface area (Å²) >= 11 is 6.62. The zero-order valence-corrected chi connectivity index (χ0v) is 11.0. The highest BCUT2D eigenvalue weighted by Crippen LogP contribution is 2.20. The summed E-state index contributed by atoms with van der Waals surface area (Å²) in [5, 5.41) is 4.24. The Morgan fingerprint density at radius 3 is 2.62 bits per heavy atom. The highest BCUT2D eigenvalue weighted by atomic mass is 79.9. The lowest BCUT2D eigenvalue weighted by Crippen LogP contribution is -2.07. The first-order valence-electron chi connectivity index (χ1n) is 4.42. The van der Waals surface area contributed by atoms with E-state index in [0.29, 0.717) is 10.8 Å². The van der Waals surface area contributed by atoms with E-state index in [2.05, 4.69) is 55.8 Å². The minimum atomic E-state index is 0.410. The van der Waals surface area contributed by atoms with Gasteiger partial charge in [-0.3, -0.25) is 0 Å². The Kier molecular flexibility index (Phi) is 4.38. The molecule has 0 aromatic carbocycles. The van der Waals surface area contributed by atoms with Gasteiger partial charge in [0.05, 0.1) is 6.04 Å². The number of nitrogens with zero attached hydrogens (tertiary/aromatic N) is 3. The third-order valence-electron chi connectivity index (χ3n) is 1.96. The van der Waals surface area contributed by atoms with Crippen molar-refractivity contribution in [2.75, 3.05) is 0 Å². The summed E-state index contributed by atoms with van der Waals surface area (Å²) in [6.07, 6.45) is 3.59. The van der Waals surface area contributed by atoms with E-state index in [4.69, 9.17) is 0 Å². The first-order chi connectivity index (χ1) is 6.15. The zero-order chi connectivity index (χ0) is 9.84. The van der Waals surface area contributed by atoms with E-state index in [1.165, 1.54) is 12.8 Å². The summed E-state index contributed by atoms with van der Waals surface area (Å²) in [4.78, 5) is 4.13. The second kappa shape index (κ2) is 5.10. The minimum absolute atomic E-state index is 0.410. The molecule has 0 aliphatic heterocycles. The molecule has 1 unspecified atom stereocenters. The topological polar surface area (TPSA) is 30.7 Å². The van der Waals surface area contributed by atoms with Gasteiger partial charge < -0.3 is 0 Å². The zero-order valence-electron chi connectivity index (χ0n) is 7.80. The fourth-order valence-corrected chi connectivity index (χ4v) is 2.36. The first-order valence-corrected chi connectivity index (χ1v) is 6.01. The molecular formula is C8H13Br2N3. The van der Waals surface area contributed by atoms with Crippen molar-refractivity contribution in [2.45, 2.75) is 39.2 Å². The smallest absolute Gasteiger partial charge is 0.218 e. The van der Waals surface area contributed by atoms with Crippen molar-refractivity contribution < 1.29 is 0 Å². The molecule has 0 saturated carbocycles. The Hall–Kier alpha value is 0.1000. The van der Waals surface area contributed by atoms with Crippen LogP contribution >= 0.6 is 31.9 Å². The summed E-state index contributed by atoms with van der Waals surface area (Å²) in [6, 6.07) is 0.410. The van der Waals surface area contributed by atoms with Crippen molar-refractivity contribution >= 4 is 31.9 Å². The molecule has 0 aliphatic carbocycles. The van der Waals surface area contributed by atoms with Crippen LogP contribution in [-0.2, 0) is 0 Å². The standard InChI is InChI=1S/C8H13Br2N3/c1-3-4-5-6(2)13-8(10)11-7(9)12-13/h6H,3-5H2,1-2H3. The molecule has 0 saturated heterocycles. The molecule has 0 amide bonds. The average molecular weight is 311 g/mol. The number of hydrogen-bond donors (Lipinski definition) is 0. The van der Waals surface area contributed by atoms with Gasteiger partial charge >= 0.3 is 0 Å². The molecule has 1 aromatic rings. The third-order valence-corrected chi connectivity index (χ3v) is 2.83. The molecule has 5 heteroatoms. The van der Waals surface area contributed by atoms with Crippen LogP contribution in [0.5, 0.6) is 0 Å². The van der Waals surface area contributed by atoms with E-state index in [0.717, 1.165) is 11.2 Å². The Morgan fingerprint density at radius 1 is 1.46 bits per heavy atom. The lowest BCUT2D eigenvalue weighted by molar-refractivity contribution is 0.434. The minimum Gasteiger partial charge on any atom is -0.236 e. The van der Waals surface area contributed by atoms with Crippen LogP contribution in [-0.4, -0.2) is 14.8 Å². The van der Waals surface area contributed by atoms with Crippen LogP contribution in [0.3, 0.4) is 0 Å². The highest BCUT2D eigenvalue weighted by molar-refractivity contribution is 9.11. The molecule has 13 heavy (non-hydrogen) atoms. The van der Waals surface area contributed by atoms with Crippen LogP contribution in [0, 0.1) is 0 Å². The molecule has 3 nitrogen and oxygen atoms in total. The van der Waals surface area contributed by atoms with Crippen molar-refractivity contribution in [2.24, 2.45) is 0 Å². The van der Waals surface area contributed by atoms with Crippen molar-refractivity contribution in [1.82, 2.24) is 14.8 Å². The average Bonchev–Trinajstić information content (AvgIpc) is 2.41. The van der Waals surface area contributed by atoms with E-state index in [-0.39, 0.29) is 0 Å². The number of unbranched alkanes of at least 4 members (excludes halogenated alkanes) is 1. The summed E-state index contributed by atoms with van der Waals surface area (Å²) in [5.74, 6) is 0. The van der Waals surface area contributed by atoms with Gasteiger partial charge in [0.15, 0.2) is 4.73 Å². The normalized spacial score (nSPS) is 13.2. The largest absolute Gasteiger partial charge is 0.236 e. The molecule has 0 fully saturated rings. The van der Waals surface area contributed by atoms with Crippen molar-refractivity contribution in [3.8, 4) is 0 Å². The maximum Gasteiger partial charge on any atom is 0.218 e. The van der Waals surface area contributed by atoms with E-state index in [9.17, 15) is 0 Å². The lowest BCUT2D eigenvalue weighted by Gasteiger charge is -2.11. The molecule has 0 radical (unpaired) electrons. The molecule has 0 spiro atoms. The molecular weight excluding hydrogens is 298 g/mol. The lowest BCUT2D eigenvalue weighted by atomic mass is 10.1. The Bertz CT molecular complexity index is 272. The van der Waals surface area contributed by atoms with E-state index < -0.39 is 0 Å². The maximum atomic E-state index is 4.24. The summed E-state index contributed by atoms with van der Waals surface area (Å²) < 4.78 is 3.34. The van der Waals surface area contributed by atoms with Crippen molar-refractivity contribution in [3.05, 3.63) is 9.47 Å². The first kappa shape index (κ1) is 11.2. The monoisotopic (exact) mass is 309 g/mol. The highest BCUT2D eigenvalue weighted by Gasteiger charge is 2.11. The second-order valence-electron chi connectivity index (χ2n) is 3.09. The van der Waals surface area contributed by atoms with Crippen LogP contribution in [0.2, 0.25) is 0 Å². The van der Waals surface area contributed by atoms with Crippen molar-refractivity contribution in [1.29, 1.82) is 0 Å². The molecule has 74 valence electrons. The quantitative estimate of drug-likeness (QED) is 0.851. The number of aromatic nitrogens is 3. The summed E-state index contributed by atoms with van der Waals surface area (Å²) in [5.41, 5.74) is 0. The molecule has 0 aliphatic rings. The van der Waals surface area contributed by atoms with Gasteiger partial charge in [0.1, 0.15) is 0 Å². The fraction of sp³-hybridized carbons (Fsp3) is 0.750. The van der Waals surface area contributed by atoms with Crippen LogP contribution < -0.4 is 0 Å². The molecule has 1 atom stereocenters. The van der Waals surface area contributed by atoms with Gasteiger partial charge in [-0.05, 0) is 45.2 Å². The van der Waals surface area contributed by atoms with E-state index in [1.807, 2.05) is 4.68 Å². The van der Waals surface area contributed by atoms with Gasteiger partial charge in [0, 0.05) is 0 Å². The molecule has 0 bridgehead atoms. The number of halogens is 2. The SMILES string of the molecule is CCCCC(C)n1nc(Br)nc1Br. The molecule has 0 N–H and O–H groups in total. The van der Waals surface area contributed by atoms with Gasteiger partial charge in [-0.15, -0.1) is 5.10 Å². The summed E-state index contributed by atoms with van der Waals surface area (Å²) in [6.45, 7) is 4.35. The molecule has 1 rings (SSSR count). The number of rotatable bonds is 4. The predicted octanol–water partition coefficient (Wildman–Crippen LogP) is 3.55. The molecule has 1 aromatic heterocycles.